The topological polar surface area (TPSA) is 75.5 Å². The van der Waals surface area contributed by atoms with Gasteiger partial charge in [-0.3, -0.25) is 0 Å². The molecule has 2 atom stereocenters. The van der Waals surface area contributed by atoms with Gasteiger partial charge in [0.1, 0.15) is 6.33 Å². The van der Waals surface area contributed by atoms with Gasteiger partial charge in [0.2, 0.25) is 5.95 Å². The van der Waals surface area contributed by atoms with Gasteiger partial charge in [0.25, 0.3) is 0 Å². The highest BCUT2D eigenvalue weighted by atomic mass is 16.5. The second kappa shape index (κ2) is 7.19. The Labute approximate surface area is 159 Å². The molecule has 27 heavy (non-hydrogen) atoms. The van der Waals surface area contributed by atoms with Gasteiger partial charge in [0.15, 0.2) is 0 Å². The summed E-state index contributed by atoms with van der Waals surface area (Å²) in [5.74, 6) is 1.25. The fraction of sp³-hybridized carbons (Fsp3) is 0.526. The fourth-order valence-corrected chi connectivity index (χ4v) is 3.39. The van der Waals surface area contributed by atoms with Gasteiger partial charge >= 0.3 is 6.03 Å². The summed E-state index contributed by atoms with van der Waals surface area (Å²) in [5, 5.41) is 7.44. The highest BCUT2D eigenvalue weighted by Crippen LogP contribution is 2.36. The predicted octanol–water partition coefficient (Wildman–Crippen LogP) is 2.36. The van der Waals surface area contributed by atoms with Crippen LogP contribution in [0.2, 0.25) is 0 Å². The molecule has 2 amide bonds. The number of hydrogen-bond acceptors (Lipinski definition) is 5. The van der Waals surface area contributed by atoms with Crippen LogP contribution in [0.15, 0.2) is 30.6 Å². The van der Waals surface area contributed by atoms with Crippen molar-refractivity contribution in [2.75, 3.05) is 37.4 Å². The van der Waals surface area contributed by atoms with Crippen LogP contribution in [0.5, 0.6) is 0 Å². The Balaban J connectivity index is 1.45. The molecule has 8 nitrogen and oxygen atoms in total. The normalized spacial score (nSPS) is 22.6. The van der Waals surface area contributed by atoms with Gasteiger partial charge in [0, 0.05) is 32.9 Å². The van der Waals surface area contributed by atoms with Crippen molar-refractivity contribution in [1.82, 2.24) is 19.7 Å². The van der Waals surface area contributed by atoms with Crippen LogP contribution >= 0.6 is 0 Å². The van der Waals surface area contributed by atoms with E-state index in [1.165, 1.54) is 12.8 Å². The van der Waals surface area contributed by atoms with E-state index in [1.807, 2.05) is 55.1 Å². The molecule has 1 aliphatic heterocycles. The van der Waals surface area contributed by atoms with Crippen molar-refractivity contribution < 1.29 is 9.53 Å². The quantitative estimate of drug-likeness (QED) is 0.894. The van der Waals surface area contributed by atoms with Crippen molar-refractivity contribution in [3.63, 3.8) is 0 Å². The maximum absolute atomic E-state index is 12.8. The molecular weight excluding hydrogens is 344 g/mol. The summed E-state index contributed by atoms with van der Waals surface area (Å²) in [6, 6.07) is 7.53. The molecule has 2 fully saturated rings. The van der Waals surface area contributed by atoms with Gasteiger partial charge < -0.3 is 19.9 Å². The maximum Gasteiger partial charge on any atom is 0.322 e. The van der Waals surface area contributed by atoms with Gasteiger partial charge in [-0.05, 0) is 43.9 Å². The number of nitrogens with zero attached hydrogens (tertiary/aromatic N) is 5. The van der Waals surface area contributed by atoms with Gasteiger partial charge in [-0.1, -0.05) is 6.07 Å². The fourth-order valence-electron chi connectivity index (χ4n) is 3.39. The largest absolute Gasteiger partial charge is 0.371 e. The van der Waals surface area contributed by atoms with Crippen molar-refractivity contribution in [1.29, 1.82) is 0 Å². The average molecular weight is 370 g/mol. The minimum Gasteiger partial charge on any atom is -0.371 e. The first-order valence-electron chi connectivity index (χ1n) is 9.40. The molecule has 1 aromatic carbocycles. The molecular formula is C19H26N6O2. The number of benzene rings is 1. The Kier molecular flexibility index (Phi) is 4.73. The monoisotopic (exact) mass is 370 g/mol. The Morgan fingerprint density at radius 1 is 1.30 bits per heavy atom. The van der Waals surface area contributed by atoms with Crippen molar-refractivity contribution in [3.8, 4) is 5.69 Å². The predicted molar refractivity (Wildman–Crippen MR) is 103 cm³/mol. The van der Waals surface area contributed by atoms with E-state index < -0.39 is 0 Å². The zero-order valence-corrected chi connectivity index (χ0v) is 16.0. The first-order chi connectivity index (χ1) is 13.0. The third-order valence-electron chi connectivity index (χ3n) is 4.96. The second-order valence-corrected chi connectivity index (χ2v) is 7.59. The molecule has 0 unspecified atom stereocenters. The number of carbonyl (C=O) groups excluding carboxylic acids is 1. The molecule has 1 N–H and O–H groups in total. The average Bonchev–Trinajstić information content (AvgIpc) is 3.37. The van der Waals surface area contributed by atoms with Gasteiger partial charge in [-0.25, -0.2) is 9.48 Å². The Bertz CT molecular complexity index is 816. The number of nitrogens with one attached hydrogen (secondary N) is 1. The van der Waals surface area contributed by atoms with Crippen LogP contribution in [0, 0.1) is 5.92 Å². The number of anilines is 2. The number of hydrogen-bond donors (Lipinski definition) is 1. The van der Waals surface area contributed by atoms with Crippen LogP contribution in [-0.4, -0.2) is 65.1 Å². The minimum absolute atomic E-state index is 0.0704. The highest BCUT2D eigenvalue weighted by molar-refractivity contribution is 5.89. The van der Waals surface area contributed by atoms with E-state index in [9.17, 15) is 4.79 Å². The molecule has 1 saturated heterocycles. The molecule has 1 aliphatic carbocycles. The lowest BCUT2D eigenvalue weighted by Gasteiger charge is -2.37. The Morgan fingerprint density at radius 2 is 2.11 bits per heavy atom. The summed E-state index contributed by atoms with van der Waals surface area (Å²) < 4.78 is 7.69. The lowest BCUT2D eigenvalue weighted by atomic mass is 10.1. The number of amides is 2. The van der Waals surface area contributed by atoms with Gasteiger partial charge in [-0.15, -0.1) is 5.10 Å². The minimum atomic E-state index is -0.0829. The van der Waals surface area contributed by atoms with Crippen LogP contribution in [0.25, 0.3) is 5.69 Å². The van der Waals surface area contributed by atoms with Gasteiger partial charge in [-0.2, -0.15) is 4.98 Å². The smallest absolute Gasteiger partial charge is 0.322 e. The number of rotatable bonds is 4. The SMILES string of the molecule is C[C@@H]1CN(C(=O)Nc2cccc(-n3cnc(N(C)C)n3)c2)C[C@H](C2CC2)O1. The third kappa shape index (κ3) is 4.05. The lowest BCUT2D eigenvalue weighted by Crippen LogP contribution is -2.51. The van der Waals surface area contributed by atoms with Crippen LogP contribution in [-0.2, 0) is 4.74 Å². The summed E-state index contributed by atoms with van der Waals surface area (Å²) in [6.07, 6.45) is 4.33. The first kappa shape index (κ1) is 17.8. The molecule has 144 valence electrons. The molecule has 0 spiro atoms. The second-order valence-electron chi connectivity index (χ2n) is 7.59. The molecule has 0 radical (unpaired) electrons. The van der Waals surface area contributed by atoms with Crippen molar-refractivity contribution in [2.45, 2.75) is 32.0 Å². The Morgan fingerprint density at radius 3 is 2.81 bits per heavy atom. The third-order valence-corrected chi connectivity index (χ3v) is 4.96. The number of aromatic nitrogens is 3. The summed E-state index contributed by atoms with van der Waals surface area (Å²) in [5.41, 5.74) is 1.58. The van der Waals surface area contributed by atoms with Crippen LogP contribution in [0.3, 0.4) is 0 Å². The summed E-state index contributed by atoms with van der Waals surface area (Å²) >= 11 is 0. The molecule has 4 rings (SSSR count). The summed E-state index contributed by atoms with van der Waals surface area (Å²) in [6.45, 7) is 3.31. The number of urea groups is 1. The maximum atomic E-state index is 12.8. The number of ether oxygens (including phenoxy) is 1. The van der Waals surface area contributed by atoms with E-state index in [-0.39, 0.29) is 18.2 Å². The molecule has 1 aromatic heterocycles. The van der Waals surface area contributed by atoms with E-state index in [0.29, 0.717) is 25.0 Å². The standard InChI is InChI=1S/C19H26N6O2/c1-13-10-24(11-17(27-13)14-7-8-14)19(26)21-15-5-4-6-16(9-15)25-12-20-18(22-25)23(2)3/h4-6,9,12-14,17H,7-8,10-11H2,1-3H3,(H,21,26)/t13-,17-/m1/s1. The van der Waals surface area contributed by atoms with Crippen LogP contribution < -0.4 is 10.2 Å². The van der Waals surface area contributed by atoms with Crippen LogP contribution in [0.4, 0.5) is 16.4 Å². The number of morpholine rings is 1. The molecule has 2 heterocycles. The van der Waals surface area contributed by atoms with Crippen molar-refractivity contribution in [2.24, 2.45) is 5.92 Å². The molecule has 2 aliphatic rings. The summed E-state index contributed by atoms with van der Waals surface area (Å²) in [7, 11) is 3.79. The molecule has 1 saturated carbocycles. The molecule has 0 bridgehead atoms. The van der Waals surface area contributed by atoms with Gasteiger partial charge in [0.05, 0.1) is 17.9 Å². The number of carbonyl (C=O) groups is 1. The highest BCUT2D eigenvalue weighted by Gasteiger charge is 2.38. The zero-order valence-electron chi connectivity index (χ0n) is 16.0. The van der Waals surface area contributed by atoms with E-state index in [2.05, 4.69) is 15.4 Å². The van der Waals surface area contributed by atoms with E-state index in [1.54, 1.807) is 11.0 Å². The van der Waals surface area contributed by atoms with E-state index >= 15 is 0 Å². The zero-order chi connectivity index (χ0) is 19.0. The van der Waals surface area contributed by atoms with E-state index in [4.69, 9.17) is 4.74 Å². The van der Waals surface area contributed by atoms with E-state index in [0.717, 1.165) is 11.4 Å². The lowest BCUT2D eigenvalue weighted by molar-refractivity contribution is -0.0717. The van der Waals surface area contributed by atoms with Crippen molar-refractivity contribution >= 4 is 17.7 Å². The molecule has 8 heteroatoms. The molecule has 2 aromatic rings. The van der Waals surface area contributed by atoms with Crippen molar-refractivity contribution in [3.05, 3.63) is 30.6 Å². The Hall–Kier alpha value is -2.61. The first-order valence-corrected chi connectivity index (χ1v) is 9.40. The summed E-state index contributed by atoms with van der Waals surface area (Å²) in [4.78, 5) is 20.7. The van der Waals surface area contributed by atoms with Crippen LogP contribution in [0.1, 0.15) is 19.8 Å².